The molecule has 160 valence electrons. The zero-order chi connectivity index (χ0) is 21.7. The van der Waals surface area contributed by atoms with E-state index in [1.165, 1.54) is 16.2 Å². The minimum Gasteiger partial charge on any atom is -0.338 e. The molecule has 1 aliphatic rings. The fraction of sp³-hybridized carbons (Fsp3) is 0.381. The van der Waals surface area contributed by atoms with E-state index in [1.54, 1.807) is 23.3 Å². The molecule has 4 aromatic rings. The van der Waals surface area contributed by atoms with E-state index in [4.69, 9.17) is 0 Å². The van der Waals surface area contributed by atoms with Crippen LogP contribution < -0.4 is 5.56 Å². The smallest absolute Gasteiger partial charge is 0.260 e. The molecule has 0 aromatic carbocycles. The van der Waals surface area contributed by atoms with Crippen LogP contribution in [0.3, 0.4) is 0 Å². The molecule has 1 fully saturated rings. The summed E-state index contributed by atoms with van der Waals surface area (Å²) in [4.78, 5) is 37.4. The van der Waals surface area contributed by atoms with Crippen LogP contribution in [0.5, 0.6) is 0 Å². The van der Waals surface area contributed by atoms with Gasteiger partial charge in [0.05, 0.1) is 18.4 Å². The summed E-state index contributed by atoms with van der Waals surface area (Å²) in [5.41, 5.74) is 0.690. The molecular weight excluding hydrogens is 432 g/mol. The molecule has 5 rings (SSSR count). The Bertz CT molecular complexity index is 1340. The molecule has 1 amide bonds. The summed E-state index contributed by atoms with van der Waals surface area (Å²) in [7, 11) is 3.67. The van der Waals surface area contributed by atoms with Crippen LogP contribution in [0.25, 0.3) is 20.7 Å². The van der Waals surface area contributed by atoms with Gasteiger partial charge in [-0.2, -0.15) is 0 Å². The molecule has 31 heavy (non-hydrogen) atoms. The van der Waals surface area contributed by atoms with Crippen LogP contribution in [0.15, 0.2) is 22.3 Å². The number of amides is 1. The van der Waals surface area contributed by atoms with Crippen molar-refractivity contribution in [3.8, 4) is 10.4 Å². The second-order valence-electron chi connectivity index (χ2n) is 7.99. The highest BCUT2D eigenvalue weighted by Crippen LogP contribution is 2.39. The maximum absolute atomic E-state index is 12.8. The normalized spacial score (nSPS) is 13.8. The van der Waals surface area contributed by atoms with Crippen molar-refractivity contribution in [3.63, 3.8) is 0 Å². The van der Waals surface area contributed by atoms with Crippen LogP contribution in [0.2, 0.25) is 0 Å². The predicted octanol–water partition coefficient (Wildman–Crippen LogP) is 3.23. The second-order valence-corrected chi connectivity index (χ2v) is 10.1. The lowest BCUT2D eigenvalue weighted by Gasteiger charge is -2.16. The molecule has 0 unspecified atom stereocenters. The van der Waals surface area contributed by atoms with E-state index in [2.05, 4.69) is 20.2 Å². The number of aryl methyl sites for hydroxylation is 1. The fourth-order valence-electron chi connectivity index (χ4n) is 3.63. The first-order chi connectivity index (χ1) is 14.9. The third-order valence-corrected chi connectivity index (χ3v) is 7.47. The Balaban J connectivity index is 1.34. The second kappa shape index (κ2) is 7.69. The topological polar surface area (TPSA) is 96.8 Å². The summed E-state index contributed by atoms with van der Waals surface area (Å²) in [6.07, 6.45) is 2.33. The van der Waals surface area contributed by atoms with Crippen molar-refractivity contribution in [1.29, 1.82) is 0 Å². The van der Waals surface area contributed by atoms with Gasteiger partial charge in [0.2, 0.25) is 5.91 Å². The first-order valence-corrected chi connectivity index (χ1v) is 11.8. The number of carbonyl (C=O) groups excluding carboxylic acids is 1. The van der Waals surface area contributed by atoms with E-state index in [-0.39, 0.29) is 17.9 Å². The lowest BCUT2D eigenvalue weighted by atomic mass is 10.2. The summed E-state index contributed by atoms with van der Waals surface area (Å²) in [6, 6.07) is 4.06. The highest BCUT2D eigenvalue weighted by atomic mass is 32.1. The molecule has 0 radical (unpaired) electrons. The number of rotatable bonds is 6. The van der Waals surface area contributed by atoms with Crippen LogP contribution in [-0.2, 0) is 24.8 Å². The minimum atomic E-state index is -0.208. The number of carbonyl (C=O) groups is 1. The van der Waals surface area contributed by atoms with Crippen LogP contribution in [-0.4, -0.2) is 42.6 Å². The lowest BCUT2D eigenvalue weighted by molar-refractivity contribution is -0.129. The number of H-pyrrole nitrogens is 1. The van der Waals surface area contributed by atoms with Gasteiger partial charge in [-0.1, -0.05) is 0 Å². The Labute approximate surface area is 186 Å². The van der Waals surface area contributed by atoms with Crippen LogP contribution in [0.1, 0.15) is 41.1 Å². The third kappa shape index (κ3) is 3.81. The highest BCUT2D eigenvalue weighted by molar-refractivity contribution is 7.19. The molecule has 1 N–H and O–H groups in total. The average Bonchev–Trinajstić information content (AvgIpc) is 3.15. The van der Waals surface area contributed by atoms with Crippen molar-refractivity contribution in [2.45, 2.75) is 38.6 Å². The Morgan fingerprint density at radius 3 is 2.84 bits per heavy atom. The predicted molar refractivity (Wildman–Crippen MR) is 121 cm³/mol. The van der Waals surface area contributed by atoms with Crippen molar-refractivity contribution in [1.82, 2.24) is 29.6 Å². The zero-order valence-electron chi connectivity index (χ0n) is 17.5. The highest BCUT2D eigenvalue weighted by Gasteiger charge is 2.29. The Morgan fingerprint density at radius 1 is 1.32 bits per heavy atom. The molecule has 1 saturated carbocycles. The molecule has 1 aliphatic carbocycles. The Kier molecular flexibility index (Phi) is 4.98. The number of nitrogens with zero attached hydrogens (tertiary/aromatic N) is 5. The van der Waals surface area contributed by atoms with Crippen molar-refractivity contribution in [2.75, 3.05) is 7.05 Å². The minimum absolute atomic E-state index is 0.0281. The van der Waals surface area contributed by atoms with Gasteiger partial charge in [0.15, 0.2) is 5.82 Å². The van der Waals surface area contributed by atoms with E-state index in [0.29, 0.717) is 28.5 Å². The van der Waals surface area contributed by atoms with Crippen LogP contribution >= 0.6 is 22.7 Å². The summed E-state index contributed by atoms with van der Waals surface area (Å²) >= 11 is 3.08. The Hall–Kier alpha value is -2.85. The van der Waals surface area contributed by atoms with Crippen molar-refractivity contribution in [3.05, 3.63) is 50.2 Å². The molecular formula is C21H22N6O2S2. The number of fused-ring (bicyclic) bond motifs is 1. The van der Waals surface area contributed by atoms with Gasteiger partial charge in [0.1, 0.15) is 16.5 Å². The van der Waals surface area contributed by atoms with Gasteiger partial charge in [-0.3, -0.25) is 9.59 Å². The number of hydrogen-bond acceptors (Lipinski definition) is 7. The first-order valence-electron chi connectivity index (χ1n) is 10.1. The summed E-state index contributed by atoms with van der Waals surface area (Å²) in [5.74, 6) is 2.48. The van der Waals surface area contributed by atoms with Crippen molar-refractivity contribution in [2.24, 2.45) is 7.05 Å². The van der Waals surface area contributed by atoms with E-state index >= 15 is 0 Å². The number of hydrogen-bond donors (Lipinski definition) is 1. The van der Waals surface area contributed by atoms with Gasteiger partial charge in [-0.25, -0.2) is 4.98 Å². The zero-order valence-corrected chi connectivity index (χ0v) is 19.1. The summed E-state index contributed by atoms with van der Waals surface area (Å²) in [5, 5.41) is 11.1. The molecule has 0 aliphatic heterocycles. The summed E-state index contributed by atoms with van der Waals surface area (Å²) in [6.45, 7) is 2.40. The van der Waals surface area contributed by atoms with Gasteiger partial charge >= 0.3 is 0 Å². The molecule has 0 bridgehead atoms. The maximum Gasteiger partial charge on any atom is 0.260 e. The van der Waals surface area contributed by atoms with Crippen molar-refractivity contribution >= 4 is 38.8 Å². The SMILES string of the molecule is Cc1ccc(-c2csc3nc(CC(=O)N(C)Cc4nnc(C5CC5)n4C)[nH]c(=O)c23)s1. The number of likely N-dealkylation sites (N-methyl/N-ethyl adjacent to an activating group) is 1. The quantitative estimate of drug-likeness (QED) is 0.482. The average molecular weight is 455 g/mol. The fourth-order valence-corrected chi connectivity index (χ4v) is 5.55. The monoisotopic (exact) mass is 454 g/mol. The van der Waals surface area contributed by atoms with Crippen LogP contribution in [0.4, 0.5) is 0 Å². The Morgan fingerprint density at radius 2 is 2.13 bits per heavy atom. The largest absolute Gasteiger partial charge is 0.338 e. The van der Waals surface area contributed by atoms with E-state index in [9.17, 15) is 9.59 Å². The van der Waals surface area contributed by atoms with E-state index in [0.717, 1.165) is 34.9 Å². The molecule has 4 heterocycles. The van der Waals surface area contributed by atoms with Gasteiger partial charge in [0, 0.05) is 40.7 Å². The number of aromatic nitrogens is 5. The van der Waals surface area contributed by atoms with Gasteiger partial charge in [0.25, 0.3) is 5.56 Å². The molecule has 0 spiro atoms. The van der Waals surface area contributed by atoms with Gasteiger partial charge < -0.3 is 14.5 Å². The number of nitrogens with one attached hydrogen (secondary N) is 1. The first kappa shape index (κ1) is 20.1. The van der Waals surface area contributed by atoms with Crippen molar-refractivity contribution < 1.29 is 4.79 Å². The standard InChI is InChI=1S/C21H22N6O2S2/c1-11-4-7-14(31-11)13-10-30-21-18(13)20(29)22-15(23-21)8-17(28)26(2)9-16-24-25-19(27(16)3)12-5-6-12/h4,7,10,12H,5-6,8-9H2,1-3H3,(H,22,23,29). The molecule has 4 aromatic heterocycles. The van der Waals surface area contributed by atoms with Crippen LogP contribution in [0, 0.1) is 6.92 Å². The lowest BCUT2D eigenvalue weighted by Crippen LogP contribution is -2.30. The van der Waals surface area contributed by atoms with Gasteiger partial charge in [-0.15, -0.1) is 32.9 Å². The molecule has 0 atom stereocenters. The molecule has 0 saturated heterocycles. The van der Waals surface area contributed by atoms with Gasteiger partial charge in [-0.05, 0) is 31.9 Å². The molecule has 10 heteroatoms. The third-order valence-electron chi connectivity index (χ3n) is 5.56. The number of thiophene rings is 2. The van der Waals surface area contributed by atoms with E-state index in [1.807, 2.05) is 36.1 Å². The number of aromatic amines is 1. The maximum atomic E-state index is 12.8. The molecule has 8 nitrogen and oxygen atoms in total. The summed E-state index contributed by atoms with van der Waals surface area (Å²) < 4.78 is 1.98. The van der Waals surface area contributed by atoms with E-state index < -0.39 is 0 Å².